The van der Waals surface area contributed by atoms with Crippen LogP contribution in [0.15, 0.2) is 54.6 Å². The molecule has 7 nitrogen and oxygen atoms in total. The van der Waals surface area contributed by atoms with Gasteiger partial charge in [-0.3, -0.25) is 4.68 Å². The summed E-state index contributed by atoms with van der Waals surface area (Å²) in [6.07, 6.45) is 1.03. The van der Waals surface area contributed by atoms with Crippen molar-refractivity contribution >= 4 is 44.0 Å². The fourth-order valence-corrected chi connectivity index (χ4v) is 4.12. The first-order chi connectivity index (χ1) is 15.5. The van der Waals surface area contributed by atoms with Crippen LogP contribution in [0.3, 0.4) is 0 Å². The summed E-state index contributed by atoms with van der Waals surface area (Å²) >= 11 is 1.53. The lowest BCUT2D eigenvalue weighted by Gasteiger charge is -2.18. The number of aromatic nitrogens is 5. The Bertz CT molecular complexity index is 1420. The Hall–Kier alpha value is -3.66. The van der Waals surface area contributed by atoms with Crippen LogP contribution in [0.4, 0.5) is 20.3 Å². The summed E-state index contributed by atoms with van der Waals surface area (Å²) in [7, 11) is 1.81. The predicted octanol–water partition coefficient (Wildman–Crippen LogP) is 5.42. The van der Waals surface area contributed by atoms with Crippen LogP contribution in [-0.4, -0.2) is 37.3 Å². The molecule has 0 saturated heterocycles. The number of nitrogens with one attached hydrogen (secondary N) is 1. The van der Waals surface area contributed by atoms with Gasteiger partial charge >= 0.3 is 0 Å². The standard InChI is InChI=1S/C22H18F2N6OS/c1-12(21(23)24)31-18-6-13(14-8-28-30(2)9-14)5-17-20(18)22(26-10-25-17)29-15-3-4-16-19(7-15)32-11-27-16/h3-12,21H,1-2H3,(H,25,26,29). The van der Waals surface area contributed by atoms with E-state index in [2.05, 4.69) is 25.4 Å². The van der Waals surface area contributed by atoms with Crippen LogP contribution in [-0.2, 0) is 7.05 Å². The van der Waals surface area contributed by atoms with Crippen LogP contribution in [0, 0.1) is 0 Å². The maximum atomic E-state index is 13.3. The fraction of sp³-hybridized carbons (Fsp3) is 0.182. The second-order valence-corrected chi connectivity index (χ2v) is 8.20. The van der Waals surface area contributed by atoms with Gasteiger partial charge in [-0.1, -0.05) is 0 Å². The third kappa shape index (κ3) is 3.84. The Morgan fingerprint density at radius 2 is 1.94 bits per heavy atom. The van der Waals surface area contributed by atoms with Gasteiger partial charge in [0.1, 0.15) is 17.9 Å². The van der Waals surface area contributed by atoms with Crippen molar-refractivity contribution in [2.75, 3.05) is 5.32 Å². The molecule has 0 aliphatic heterocycles. The number of nitrogens with zero attached hydrogens (tertiary/aromatic N) is 5. The summed E-state index contributed by atoms with van der Waals surface area (Å²) < 4.78 is 35.0. The van der Waals surface area contributed by atoms with E-state index in [9.17, 15) is 8.78 Å². The van der Waals surface area contributed by atoms with Crippen LogP contribution in [0.5, 0.6) is 5.75 Å². The molecule has 0 saturated carbocycles. The summed E-state index contributed by atoms with van der Waals surface area (Å²) in [5.41, 5.74) is 5.64. The molecule has 32 heavy (non-hydrogen) atoms. The molecular weight excluding hydrogens is 434 g/mol. The largest absolute Gasteiger partial charge is 0.484 e. The zero-order chi connectivity index (χ0) is 22.2. The zero-order valence-corrected chi connectivity index (χ0v) is 18.0. The van der Waals surface area contributed by atoms with Gasteiger partial charge in [-0.15, -0.1) is 11.3 Å². The Labute approximate surface area is 185 Å². The molecule has 5 aromatic rings. The minimum Gasteiger partial charge on any atom is -0.484 e. The lowest BCUT2D eigenvalue weighted by Crippen LogP contribution is -2.21. The van der Waals surface area contributed by atoms with Crippen LogP contribution >= 0.6 is 11.3 Å². The molecule has 0 spiro atoms. The van der Waals surface area contributed by atoms with Crippen molar-refractivity contribution in [2.24, 2.45) is 7.05 Å². The number of fused-ring (bicyclic) bond motifs is 2. The zero-order valence-electron chi connectivity index (χ0n) is 17.2. The van der Waals surface area contributed by atoms with Gasteiger partial charge < -0.3 is 10.1 Å². The third-order valence-corrected chi connectivity index (χ3v) is 5.79. The molecule has 3 aromatic heterocycles. The van der Waals surface area contributed by atoms with Gasteiger partial charge in [-0.25, -0.2) is 23.7 Å². The molecule has 0 radical (unpaired) electrons. The summed E-state index contributed by atoms with van der Waals surface area (Å²) in [6, 6.07) is 9.36. The molecule has 0 aliphatic rings. The number of halogens is 2. The number of alkyl halides is 2. The number of aryl methyl sites for hydroxylation is 1. The first-order valence-electron chi connectivity index (χ1n) is 9.81. The number of benzene rings is 2. The molecule has 162 valence electrons. The first-order valence-corrected chi connectivity index (χ1v) is 10.7. The van der Waals surface area contributed by atoms with E-state index in [0.29, 0.717) is 16.7 Å². The number of hydrogen-bond donors (Lipinski definition) is 1. The molecule has 5 rings (SSSR count). The van der Waals surface area contributed by atoms with Crippen LogP contribution in [0.1, 0.15) is 6.92 Å². The Balaban J connectivity index is 1.64. The Morgan fingerprint density at radius 3 is 2.72 bits per heavy atom. The van der Waals surface area contributed by atoms with Crippen molar-refractivity contribution in [3.8, 4) is 16.9 Å². The molecule has 10 heteroatoms. The molecule has 0 amide bonds. The molecule has 2 aromatic carbocycles. The quantitative estimate of drug-likeness (QED) is 0.371. The number of rotatable bonds is 6. The minimum absolute atomic E-state index is 0.274. The molecule has 1 N–H and O–H groups in total. The summed E-state index contributed by atoms with van der Waals surface area (Å²) in [5, 5.41) is 8.00. The highest BCUT2D eigenvalue weighted by molar-refractivity contribution is 7.16. The van der Waals surface area contributed by atoms with E-state index in [-0.39, 0.29) is 5.75 Å². The number of hydrogen-bond acceptors (Lipinski definition) is 7. The maximum Gasteiger partial charge on any atom is 0.274 e. The van der Waals surface area contributed by atoms with Gasteiger partial charge in [0.2, 0.25) is 0 Å². The monoisotopic (exact) mass is 452 g/mol. The summed E-state index contributed by atoms with van der Waals surface area (Å²) in [5.74, 6) is 0.740. The smallest absolute Gasteiger partial charge is 0.274 e. The van der Waals surface area contributed by atoms with Gasteiger partial charge in [0, 0.05) is 24.5 Å². The molecule has 1 unspecified atom stereocenters. The van der Waals surface area contributed by atoms with Crippen molar-refractivity contribution in [2.45, 2.75) is 19.5 Å². The molecule has 0 fully saturated rings. The summed E-state index contributed by atoms with van der Waals surface area (Å²) in [6.45, 7) is 1.34. The molecular formula is C22H18F2N6OS. The number of anilines is 2. The Kier molecular flexibility index (Phi) is 5.14. The fourth-order valence-electron chi connectivity index (χ4n) is 3.40. The van der Waals surface area contributed by atoms with Gasteiger partial charge in [0.05, 0.1) is 32.8 Å². The van der Waals surface area contributed by atoms with Crippen LogP contribution in [0.25, 0.3) is 32.2 Å². The molecule has 0 bridgehead atoms. The maximum absolute atomic E-state index is 13.3. The van der Waals surface area contributed by atoms with Gasteiger partial charge in [-0.2, -0.15) is 5.10 Å². The average molecular weight is 452 g/mol. The van der Waals surface area contributed by atoms with E-state index in [1.165, 1.54) is 24.6 Å². The number of ether oxygens (including phenoxy) is 1. The van der Waals surface area contributed by atoms with Crippen LogP contribution in [0.2, 0.25) is 0 Å². The highest BCUT2D eigenvalue weighted by atomic mass is 32.1. The molecule has 1 atom stereocenters. The van der Waals surface area contributed by atoms with Gasteiger partial charge in [0.25, 0.3) is 6.43 Å². The SMILES string of the molecule is CC(Oc1cc(-c2cnn(C)c2)cc2ncnc(Nc3ccc4ncsc4c3)c12)C(F)F. The van der Waals surface area contributed by atoms with Crippen molar-refractivity contribution in [3.63, 3.8) is 0 Å². The van der Waals surface area contributed by atoms with Crippen molar-refractivity contribution in [1.82, 2.24) is 24.7 Å². The molecule has 3 heterocycles. The highest BCUT2D eigenvalue weighted by Crippen LogP contribution is 2.37. The van der Waals surface area contributed by atoms with Gasteiger partial charge in [0.15, 0.2) is 6.10 Å². The summed E-state index contributed by atoms with van der Waals surface area (Å²) in [4.78, 5) is 13.0. The van der Waals surface area contributed by atoms with E-state index < -0.39 is 12.5 Å². The lowest BCUT2D eigenvalue weighted by atomic mass is 10.1. The highest BCUT2D eigenvalue weighted by Gasteiger charge is 2.21. The second kappa shape index (κ2) is 8.12. The van der Waals surface area contributed by atoms with Gasteiger partial charge in [-0.05, 0) is 42.8 Å². The number of thiazole rings is 1. The third-order valence-electron chi connectivity index (χ3n) is 5.00. The van der Waals surface area contributed by atoms with E-state index in [1.807, 2.05) is 37.5 Å². The lowest BCUT2D eigenvalue weighted by molar-refractivity contribution is 0.0234. The van der Waals surface area contributed by atoms with Crippen molar-refractivity contribution in [1.29, 1.82) is 0 Å². The average Bonchev–Trinajstić information content (AvgIpc) is 3.42. The second-order valence-electron chi connectivity index (χ2n) is 7.31. The van der Waals surface area contributed by atoms with E-state index in [4.69, 9.17) is 4.74 Å². The van der Waals surface area contributed by atoms with Crippen LogP contribution < -0.4 is 10.1 Å². The van der Waals surface area contributed by atoms with E-state index >= 15 is 0 Å². The van der Waals surface area contributed by atoms with E-state index in [1.54, 1.807) is 22.5 Å². The predicted molar refractivity (Wildman–Crippen MR) is 121 cm³/mol. The van der Waals surface area contributed by atoms with Crippen molar-refractivity contribution < 1.29 is 13.5 Å². The first kappa shape index (κ1) is 20.3. The normalized spacial score (nSPS) is 12.5. The van der Waals surface area contributed by atoms with E-state index in [0.717, 1.165) is 27.0 Å². The minimum atomic E-state index is -2.64. The Morgan fingerprint density at radius 1 is 1.06 bits per heavy atom. The topological polar surface area (TPSA) is 77.8 Å². The van der Waals surface area contributed by atoms with Crippen molar-refractivity contribution in [3.05, 3.63) is 54.6 Å². The molecule has 0 aliphatic carbocycles.